The number of fused-ring (bicyclic) bond motifs is 1. The van der Waals surface area contributed by atoms with Crippen LogP contribution in [0.15, 0.2) is 23.2 Å². The lowest BCUT2D eigenvalue weighted by atomic mass is 9.75. The molecule has 0 aromatic heterocycles. The minimum atomic E-state index is -1.00. The highest BCUT2D eigenvalue weighted by Gasteiger charge is 2.49. The van der Waals surface area contributed by atoms with Crippen LogP contribution in [0.1, 0.15) is 39.7 Å². The highest BCUT2D eigenvalue weighted by molar-refractivity contribution is 8.13. The first kappa shape index (κ1) is 20.1. The maximum Gasteiger partial charge on any atom is 0.413 e. The molecule has 1 saturated heterocycles. The highest BCUT2D eigenvalue weighted by atomic mass is 32.2. The van der Waals surface area contributed by atoms with E-state index in [0.29, 0.717) is 17.3 Å². The van der Waals surface area contributed by atoms with E-state index in [-0.39, 0.29) is 24.2 Å². The fourth-order valence-corrected chi connectivity index (χ4v) is 4.58. The standard InChI is InChI=1S/C19H24F2N2O3S/c1-11-7-12-9-27-16(22-17(24)26-18(2,3)4)23-19(12,10-25-11)14-6-5-13(20)8-15(14)21/h5-6,8,11-12H,7,9-10H2,1-4H3,(H,22,23,24)/t11-,12-,19-/m0/s1. The summed E-state index contributed by atoms with van der Waals surface area (Å²) < 4.78 is 39.1. The van der Waals surface area contributed by atoms with E-state index >= 15 is 0 Å². The van der Waals surface area contributed by atoms with Gasteiger partial charge in [-0.25, -0.2) is 18.6 Å². The molecule has 1 amide bonds. The Morgan fingerprint density at radius 1 is 1.41 bits per heavy atom. The monoisotopic (exact) mass is 398 g/mol. The van der Waals surface area contributed by atoms with Crippen molar-refractivity contribution in [3.8, 4) is 0 Å². The zero-order valence-electron chi connectivity index (χ0n) is 15.8. The van der Waals surface area contributed by atoms with Gasteiger partial charge in [0, 0.05) is 23.3 Å². The van der Waals surface area contributed by atoms with Crippen molar-refractivity contribution in [2.75, 3.05) is 12.4 Å². The number of nitrogens with one attached hydrogen (secondary N) is 1. The third kappa shape index (κ3) is 4.43. The molecule has 0 unspecified atom stereocenters. The number of benzene rings is 1. The molecule has 1 N–H and O–H groups in total. The summed E-state index contributed by atoms with van der Waals surface area (Å²) in [7, 11) is 0. The molecule has 8 heteroatoms. The van der Waals surface area contributed by atoms with Crippen LogP contribution in [0.2, 0.25) is 0 Å². The molecule has 27 heavy (non-hydrogen) atoms. The molecular weight excluding hydrogens is 374 g/mol. The second-order valence-electron chi connectivity index (χ2n) is 7.96. The number of amidine groups is 1. The van der Waals surface area contributed by atoms with E-state index in [1.54, 1.807) is 20.8 Å². The number of rotatable bonds is 1. The first-order chi connectivity index (χ1) is 12.6. The molecule has 3 atom stereocenters. The second kappa shape index (κ2) is 7.39. The summed E-state index contributed by atoms with van der Waals surface area (Å²) in [6.45, 7) is 7.44. The molecule has 1 aromatic rings. The van der Waals surface area contributed by atoms with Crippen LogP contribution in [-0.4, -0.2) is 35.3 Å². The zero-order chi connectivity index (χ0) is 19.8. The van der Waals surface area contributed by atoms with Crippen LogP contribution in [0, 0.1) is 17.6 Å². The Hall–Kier alpha value is -1.67. The van der Waals surface area contributed by atoms with Crippen LogP contribution in [0.3, 0.4) is 0 Å². The summed E-state index contributed by atoms with van der Waals surface area (Å²) >= 11 is 1.39. The van der Waals surface area contributed by atoms with Gasteiger partial charge in [0.1, 0.15) is 22.8 Å². The Bertz CT molecular complexity index is 766. The van der Waals surface area contributed by atoms with Crippen molar-refractivity contribution in [1.82, 2.24) is 5.32 Å². The summed E-state index contributed by atoms with van der Waals surface area (Å²) in [4.78, 5) is 16.8. The van der Waals surface area contributed by atoms with Gasteiger partial charge in [0.25, 0.3) is 0 Å². The van der Waals surface area contributed by atoms with E-state index in [0.717, 1.165) is 6.07 Å². The number of carbonyl (C=O) groups excluding carboxylic acids is 1. The fourth-order valence-electron chi connectivity index (χ4n) is 3.43. The topological polar surface area (TPSA) is 59.9 Å². The van der Waals surface area contributed by atoms with Gasteiger partial charge in [0.2, 0.25) is 0 Å². The molecular formula is C19H24F2N2O3S. The second-order valence-corrected chi connectivity index (χ2v) is 8.97. The Balaban J connectivity index is 1.95. The molecule has 0 aliphatic carbocycles. The maximum atomic E-state index is 14.6. The summed E-state index contributed by atoms with van der Waals surface area (Å²) in [5, 5.41) is 2.99. The third-order valence-electron chi connectivity index (χ3n) is 4.61. The molecule has 2 aliphatic heterocycles. The Kier molecular flexibility index (Phi) is 5.49. The summed E-state index contributed by atoms with van der Waals surface area (Å²) in [6.07, 6.45) is 0.113. The van der Waals surface area contributed by atoms with Crippen molar-refractivity contribution < 1.29 is 23.0 Å². The van der Waals surface area contributed by atoms with Crippen LogP contribution in [0.4, 0.5) is 13.6 Å². The Morgan fingerprint density at radius 3 is 2.81 bits per heavy atom. The lowest BCUT2D eigenvalue weighted by Crippen LogP contribution is -2.51. The minimum absolute atomic E-state index is 0.00963. The van der Waals surface area contributed by atoms with E-state index in [1.807, 2.05) is 6.92 Å². The van der Waals surface area contributed by atoms with Gasteiger partial charge in [-0.2, -0.15) is 0 Å². The Labute approximate surface area is 161 Å². The van der Waals surface area contributed by atoms with E-state index < -0.39 is 28.9 Å². The molecule has 0 bridgehead atoms. The van der Waals surface area contributed by atoms with Crippen LogP contribution >= 0.6 is 11.8 Å². The van der Waals surface area contributed by atoms with Crippen molar-refractivity contribution in [3.05, 3.63) is 35.4 Å². The SMILES string of the molecule is C[C@H]1C[C@H]2CSC(NC(=O)OC(C)(C)C)=N[C@@]2(c2ccc(F)cc2F)CO1. The van der Waals surface area contributed by atoms with Gasteiger partial charge >= 0.3 is 6.09 Å². The number of nitrogens with zero attached hydrogens (tertiary/aromatic N) is 1. The highest BCUT2D eigenvalue weighted by Crippen LogP contribution is 2.46. The average Bonchev–Trinajstić information content (AvgIpc) is 2.53. The van der Waals surface area contributed by atoms with Gasteiger partial charge in [-0.15, -0.1) is 0 Å². The number of hydrogen-bond donors (Lipinski definition) is 1. The quantitative estimate of drug-likeness (QED) is 0.770. The van der Waals surface area contributed by atoms with Crippen molar-refractivity contribution in [3.63, 3.8) is 0 Å². The summed E-state index contributed by atoms with van der Waals surface area (Å²) in [6, 6.07) is 3.50. The normalized spacial score (nSPS) is 28.1. The number of halogens is 2. The maximum absolute atomic E-state index is 14.6. The van der Waals surface area contributed by atoms with Gasteiger partial charge in [0.05, 0.1) is 12.7 Å². The molecule has 3 rings (SSSR count). The van der Waals surface area contributed by atoms with Gasteiger partial charge in [0.15, 0.2) is 5.17 Å². The number of thioether (sulfide) groups is 1. The zero-order valence-corrected chi connectivity index (χ0v) is 16.7. The molecule has 0 radical (unpaired) electrons. The van der Waals surface area contributed by atoms with Gasteiger partial charge in [-0.05, 0) is 40.2 Å². The summed E-state index contributed by atoms with van der Waals surface area (Å²) in [5.41, 5.74) is -1.36. The van der Waals surface area contributed by atoms with E-state index in [2.05, 4.69) is 10.3 Å². The summed E-state index contributed by atoms with van der Waals surface area (Å²) in [5.74, 6) is -0.657. The Morgan fingerprint density at radius 2 is 2.15 bits per heavy atom. The van der Waals surface area contributed by atoms with Crippen LogP contribution < -0.4 is 5.32 Å². The lowest BCUT2D eigenvalue weighted by molar-refractivity contribution is -0.0478. The minimum Gasteiger partial charge on any atom is -0.444 e. The van der Waals surface area contributed by atoms with E-state index in [4.69, 9.17) is 9.47 Å². The van der Waals surface area contributed by atoms with Crippen LogP contribution in [0.25, 0.3) is 0 Å². The lowest BCUT2D eigenvalue weighted by Gasteiger charge is -2.46. The van der Waals surface area contributed by atoms with E-state index in [1.165, 1.54) is 23.9 Å². The van der Waals surface area contributed by atoms with Gasteiger partial charge < -0.3 is 9.47 Å². The molecule has 1 fully saturated rings. The van der Waals surface area contributed by atoms with Gasteiger partial charge in [-0.1, -0.05) is 17.8 Å². The number of alkyl carbamates (subject to hydrolysis) is 1. The number of aliphatic imine (C=N–C) groups is 1. The van der Waals surface area contributed by atoms with Crippen molar-refractivity contribution in [2.24, 2.45) is 10.9 Å². The first-order valence-corrected chi connectivity index (χ1v) is 9.87. The van der Waals surface area contributed by atoms with E-state index in [9.17, 15) is 13.6 Å². The fraction of sp³-hybridized carbons (Fsp3) is 0.579. The van der Waals surface area contributed by atoms with Crippen molar-refractivity contribution in [2.45, 2.75) is 51.4 Å². The molecule has 2 heterocycles. The number of amides is 1. The first-order valence-electron chi connectivity index (χ1n) is 8.89. The van der Waals surface area contributed by atoms with Crippen molar-refractivity contribution in [1.29, 1.82) is 0 Å². The van der Waals surface area contributed by atoms with Gasteiger partial charge in [-0.3, -0.25) is 5.32 Å². The molecule has 5 nitrogen and oxygen atoms in total. The number of ether oxygens (including phenoxy) is 2. The molecule has 1 aromatic carbocycles. The largest absolute Gasteiger partial charge is 0.444 e. The van der Waals surface area contributed by atoms with Crippen molar-refractivity contribution >= 4 is 23.0 Å². The predicted octanol–water partition coefficient (Wildman–Crippen LogP) is 4.21. The molecule has 0 spiro atoms. The third-order valence-corrected chi connectivity index (χ3v) is 5.64. The molecule has 0 saturated carbocycles. The average molecular weight is 398 g/mol. The number of hydrogen-bond acceptors (Lipinski definition) is 5. The predicted molar refractivity (Wildman–Crippen MR) is 101 cm³/mol. The molecule has 2 aliphatic rings. The smallest absolute Gasteiger partial charge is 0.413 e. The number of carbonyl (C=O) groups is 1. The van der Waals surface area contributed by atoms with Crippen LogP contribution in [-0.2, 0) is 15.0 Å². The van der Waals surface area contributed by atoms with Crippen LogP contribution in [0.5, 0.6) is 0 Å². The molecule has 148 valence electrons.